The van der Waals surface area contributed by atoms with Crippen molar-refractivity contribution in [2.45, 2.75) is 26.2 Å². The molecule has 0 N–H and O–H groups in total. The van der Waals surface area contributed by atoms with Gasteiger partial charge in [-0.3, -0.25) is 0 Å². The molecule has 0 aromatic carbocycles. The van der Waals surface area contributed by atoms with Gasteiger partial charge in [-0.05, 0) is 25.0 Å². The summed E-state index contributed by atoms with van der Waals surface area (Å²) in [6, 6.07) is 3.95. The van der Waals surface area contributed by atoms with Crippen LogP contribution in [-0.2, 0) is 6.42 Å². The fourth-order valence-corrected chi connectivity index (χ4v) is 0.825. The highest BCUT2D eigenvalue weighted by Gasteiger charge is 1.90. The summed E-state index contributed by atoms with van der Waals surface area (Å²) in [6.45, 7) is 2.18. The number of rotatable bonds is 3. The molecule has 0 atom stereocenters. The lowest BCUT2D eigenvalue weighted by Gasteiger charge is -1.94. The lowest BCUT2D eigenvalue weighted by atomic mass is 10.2. The minimum atomic E-state index is 0. The van der Waals surface area contributed by atoms with Crippen LogP contribution in [0.2, 0.25) is 0 Å². The van der Waals surface area contributed by atoms with Gasteiger partial charge in [0.25, 0.3) is 0 Å². The van der Waals surface area contributed by atoms with Crippen LogP contribution in [0.1, 0.15) is 25.5 Å². The van der Waals surface area contributed by atoms with E-state index in [0.717, 1.165) is 12.1 Å². The minimum absolute atomic E-state index is 0. The van der Waals surface area contributed by atoms with Gasteiger partial charge in [-0.1, -0.05) is 13.3 Å². The highest BCUT2D eigenvalue weighted by Crippen LogP contribution is 1.98. The topological polar surface area (TPSA) is 25.8 Å². The van der Waals surface area contributed by atoms with Gasteiger partial charge in [0.1, 0.15) is 0 Å². The maximum absolute atomic E-state index is 3.97. The summed E-state index contributed by atoms with van der Waals surface area (Å²) in [5.74, 6) is 0. The highest BCUT2D eigenvalue weighted by molar-refractivity contribution is 5.85. The van der Waals surface area contributed by atoms with Crippen LogP contribution in [0.5, 0.6) is 0 Å². The molecule has 1 rings (SSSR count). The molecule has 1 heterocycles. The SMILES string of the molecule is CCCCc1cccnn1.Cl. The van der Waals surface area contributed by atoms with E-state index in [1.165, 1.54) is 12.8 Å². The van der Waals surface area contributed by atoms with Gasteiger partial charge in [0.05, 0.1) is 5.69 Å². The standard InChI is InChI=1S/C8H12N2.ClH/c1-2-3-5-8-6-4-7-9-10-8;/h4,6-7H,2-3,5H2,1H3;1H. The summed E-state index contributed by atoms with van der Waals surface area (Å²) in [6.07, 6.45) is 5.19. The number of hydrogen-bond donors (Lipinski definition) is 0. The van der Waals surface area contributed by atoms with Crippen LogP contribution < -0.4 is 0 Å². The van der Waals surface area contributed by atoms with Crippen molar-refractivity contribution in [3.8, 4) is 0 Å². The Morgan fingerprint density at radius 3 is 2.82 bits per heavy atom. The van der Waals surface area contributed by atoms with E-state index in [-0.39, 0.29) is 12.4 Å². The molecule has 0 aliphatic carbocycles. The molecular weight excluding hydrogens is 160 g/mol. The first-order valence-electron chi connectivity index (χ1n) is 3.70. The second kappa shape index (κ2) is 6.10. The Balaban J connectivity index is 0.000001000. The van der Waals surface area contributed by atoms with E-state index in [4.69, 9.17) is 0 Å². The predicted octanol–water partition coefficient (Wildman–Crippen LogP) is 2.24. The zero-order valence-electron chi connectivity index (χ0n) is 6.66. The van der Waals surface area contributed by atoms with Gasteiger partial charge in [-0.15, -0.1) is 12.4 Å². The number of unbranched alkanes of at least 4 members (excludes halogenated alkanes) is 1. The third-order valence-corrected chi connectivity index (χ3v) is 1.41. The molecule has 0 bridgehead atoms. The van der Waals surface area contributed by atoms with E-state index in [1.54, 1.807) is 6.20 Å². The molecule has 0 amide bonds. The molecule has 0 saturated carbocycles. The second-order valence-electron chi connectivity index (χ2n) is 2.32. The van der Waals surface area contributed by atoms with E-state index in [1.807, 2.05) is 12.1 Å². The molecule has 62 valence electrons. The van der Waals surface area contributed by atoms with Crippen LogP contribution in [0.25, 0.3) is 0 Å². The summed E-state index contributed by atoms with van der Waals surface area (Å²) in [5, 5.41) is 7.75. The lowest BCUT2D eigenvalue weighted by Crippen LogP contribution is -1.90. The summed E-state index contributed by atoms with van der Waals surface area (Å²) in [4.78, 5) is 0. The summed E-state index contributed by atoms with van der Waals surface area (Å²) >= 11 is 0. The first kappa shape index (κ1) is 10.4. The summed E-state index contributed by atoms with van der Waals surface area (Å²) in [7, 11) is 0. The first-order chi connectivity index (χ1) is 4.93. The Morgan fingerprint density at radius 2 is 2.27 bits per heavy atom. The van der Waals surface area contributed by atoms with Gasteiger partial charge in [0.15, 0.2) is 0 Å². The fraction of sp³-hybridized carbons (Fsp3) is 0.500. The summed E-state index contributed by atoms with van der Waals surface area (Å²) in [5.41, 5.74) is 1.10. The van der Waals surface area contributed by atoms with Crippen LogP contribution in [0.4, 0.5) is 0 Å². The normalized spacial score (nSPS) is 8.82. The van der Waals surface area contributed by atoms with Crippen molar-refractivity contribution in [3.05, 3.63) is 24.0 Å². The maximum Gasteiger partial charge on any atom is 0.0631 e. The Hall–Kier alpha value is -0.630. The summed E-state index contributed by atoms with van der Waals surface area (Å²) < 4.78 is 0. The van der Waals surface area contributed by atoms with Crippen LogP contribution in [-0.4, -0.2) is 10.2 Å². The molecule has 1 aromatic heterocycles. The lowest BCUT2D eigenvalue weighted by molar-refractivity contribution is 0.759. The molecule has 0 fully saturated rings. The van der Waals surface area contributed by atoms with E-state index in [0.29, 0.717) is 0 Å². The van der Waals surface area contributed by atoms with Crippen molar-refractivity contribution >= 4 is 12.4 Å². The third kappa shape index (κ3) is 3.94. The molecule has 0 saturated heterocycles. The van der Waals surface area contributed by atoms with Crippen LogP contribution >= 0.6 is 12.4 Å². The number of hydrogen-bond acceptors (Lipinski definition) is 2. The Labute approximate surface area is 73.5 Å². The molecule has 0 aliphatic heterocycles. The zero-order chi connectivity index (χ0) is 7.23. The number of halogens is 1. The number of aryl methyl sites for hydroxylation is 1. The van der Waals surface area contributed by atoms with Gasteiger partial charge in [0.2, 0.25) is 0 Å². The average Bonchev–Trinajstić information content (AvgIpc) is 2.03. The van der Waals surface area contributed by atoms with Crippen LogP contribution in [0, 0.1) is 0 Å². The molecule has 3 heteroatoms. The number of nitrogens with zero attached hydrogens (tertiary/aromatic N) is 2. The van der Waals surface area contributed by atoms with Crippen molar-refractivity contribution in [1.29, 1.82) is 0 Å². The Kier molecular flexibility index (Phi) is 5.75. The predicted molar refractivity (Wildman–Crippen MR) is 47.9 cm³/mol. The Bertz CT molecular complexity index is 177. The van der Waals surface area contributed by atoms with E-state index >= 15 is 0 Å². The zero-order valence-corrected chi connectivity index (χ0v) is 7.47. The van der Waals surface area contributed by atoms with Gasteiger partial charge in [-0.25, -0.2) is 0 Å². The van der Waals surface area contributed by atoms with Crippen molar-refractivity contribution < 1.29 is 0 Å². The van der Waals surface area contributed by atoms with Crippen molar-refractivity contribution in [2.75, 3.05) is 0 Å². The van der Waals surface area contributed by atoms with E-state index in [2.05, 4.69) is 17.1 Å². The fourth-order valence-electron chi connectivity index (χ4n) is 0.825. The highest BCUT2D eigenvalue weighted by atomic mass is 35.5. The molecule has 0 unspecified atom stereocenters. The molecule has 0 spiro atoms. The monoisotopic (exact) mass is 172 g/mol. The van der Waals surface area contributed by atoms with Crippen molar-refractivity contribution in [3.63, 3.8) is 0 Å². The van der Waals surface area contributed by atoms with Crippen LogP contribution in [0.3, 0.4) is 0 Å². The van der Waals surface area contributed by atoms with E-state index in [9.17, 15) is 0 Å². The van der Waals surface area contributed by atoms with E-state index < -0.39 is 0 Å². The van der Waals surface area contributed by atoms with Gasteiger partial charge < -0.3 is 0 Å². The molecule has 1 aromatic rings. The molecular formula is C8H13ClN2. The number of aromatic nitrogens is 2. The maximum atomic E-state index is 3.97. The molecule has 0 radical (unpaired) electrons. The Morgan fingerprint density at radius 1 is 1.45 bits per heavy atom. The molecule has 2 nitrogen and oxygen atoms in total. The second-order valence-corrected chi connectivity index (χ2v) is 2.32. The van der Waals surface area contributed by atoms with Gasteiger partial charge in [0, 0.05) is 6.20 Å². The first-order valence-corrected chi connectivity index (χ1v) is 3.70. The van der Waals surface area contributed by atoms with Gasteiger partial charge >= 0.3 is 0 Å². The minimum Gasteiger partial charge on any atom is -0.159 e. The molecule has 0 aliphatic rings. The largest absolute Gasteiger partial charge is 0.159 e. The smallest absolute Gasteiger partial charge is 0.0631 e. The van der Waals surface area contributed by atoms with Crippen molar-refractivity contribution in [2.24, 2.45) is 0 Å². The quantitative estimate of drug-likeness (QED) is 0.699. The van der Waals surface area contributed by atoms with Crippen LogP contribution in [0.15, 0.2) is 18.3 Å². The molecule has 11 heavy (non-hydrogen) atoms. The third-order valence-electron chi connectivity index (χ3n) is 1.41. The van der Waals surface area contributed by atoms with Crippen molar-refractivity contribution in [1.82, 2.24) is 10.2 Å². The van der Waals surface area contributed by atoms with Gasteiger partial charge in [-0.2, -0.15) is 10.2 Å². The average molecular weight is 173 g/mol.